The maximum absolute atomic E-state index is 12.6. The molecule has 3 aromatic heterocycles. The van der Waals surface area contributed by atoms with Crippen LogP contribution in [0.1, 0.15) is 25.3 Å². The zero-order chi connectivity index (χ0) is 20.9. The quantitative estimate of drug-likeness (QED) is 0.305. The molecule has 0 radical (unpaired) electrons. The highest BCUT2D eigenvalue weighted by atomic mass is 32.2. The number of nitrogens with two attached hydrogens (primary N) is 1. The minimum Gasteiger partial charge on any atom is -0.369 e. The lowest BCUT2D eigenvalue weighted by Crippen LogP contribution is -2.12. The van der Waals surface area contributed by atoms with Gasteiger partial charge in [-0.15, -0.1) is 32.9 Å². The fourth-order valence-electron chi connectivity index (χ4n) is 2.91. The largest absolute Gasteiger partial charge is 0.369 e. The Labute approximate surface area is 185 Å². The Hall–Kier alpha value is -2.75. The summed E-state index contributed by atoms with van der Waals surface area (Å²) in [5.41, 5.74) is 6.19. The van der Waals surface area contributed by atoms with Gasteiger partial charge in [0.25, 0.3) is 0 Å². The second kappa shape index (κ2) is 9.38. The molecule has 0 aliphatic heterocycles. The Morgan fingerprint density at radius 1 is 1.00 bits per heavy atom. The zero-order valence-corrected chi connectivity index (χ0v) is 18.3. The smallest absolute Gasteiger partial charge is 0.222 e. The number of hydrogen-bond acceptors (Lipinski definition) is 7. The Kier molecular flexibility index (Phi) is 6.41. The molecule has 2 N–H and O–H groups in total. The van der Waals surface area contributed by atoms with Gasteiger partial charge < -0.3 is 5.73 Å². The first-order chi connectivity index (χ1) is 14.6. The van der Waals surface area contributed by atoms with Crippen LogP contribution in [0.25, 0.3) is 5.69 Å². The van der Waals surface area contributed by atoms with Crippen LogP contribution in [-0.2, 0) is 17.6 Å². The molecule has 0 atom stereocenters. The monoisotopic (exact) mass is 454 g/mol. The molecule has 0 bridgehead atoms. The topological polar surface area (TPSA) is 90.9 Å². The van der Waals surface area contributed by atoms with Gasteiger partial charge in [0, 0.05) is 21.9 Å². The molecule has 0 unspecified atom stereocenters. The van der Waals surface area contributed by atoms with Crippen LogP contribution < -0.4 is 5.73 Å². The fraction of sp³-hybridized carbons (Fsp3) is 0.143. The lowest BCUT2D eigenvalue weighted by molar-refractivity contribution is -0.117. The maximum Gasteiger partial charge on any atom is 0.222 e. The van der Waals surface area contributed by atoms with Gasteiger partial charge in [-0.1, -0.05) is 36.0 Å². The number of rotatable bonds is 9. The molecule has 0 aliphatic rings. The summed E-state index contributed by atoms with van der Waals surface area (Å²) in [4.78, 5) is 26.3. The number of para-hydroxylation sites is 1. The third-order valence-corrected chi connectivity index (χ3v) is 7.18. The van der Waals surface area contributed by atoms with Gasteiger partial charge in [0.2, 0.25) is 5.91 Å². The standard InChI is InChI=1S/C21H18N4O2S3/c22-19(27)11-16-8-9-18(30-16)17(26)13-29-21-24-23-20(12-15-7-4-10-28-15)25(21)14-5-2-1-3-6-14/h1-10H,11-13H2,(H2,22,27). The maximum atomic E-state index is 12.6. The third-order valence-electron chi connectivity index (χ3n) is 4.24. The molecular formula is C21H18N4O2S3. The van der Waals surface area contributed by atoms with Crippen molar-refractivity contribution in [3.8, 4) is 5.69 Å². The summed E-state index contributed by atoms with van der Waals surface area (Å²) >= 11 is 4.35. The molecule has 6 nitrogen and oxygen atoms in total. The van der Waals surface area contributed by atoms with Crippen LogP contribution in [0.4, 0.5) is 0 Å². The number of benzene rings is 1. The first-order valence-electron chi connectivity index (χ1n) is 9.15. The summed E-state index contributed by atoms with van der Waals surface area (Å²) in [7, 11) is 0. The summed E-state index contributed by atoms with van der Waals surface area (Å²) in [5, 5.41) is 11.5. The number of primary amides is 1. The number of carbonyl (C=O) groups is 2. The first kappa shape index (κ1) is 20.5. The van der Waals surface area contributed by atoms with E-state index in [4.69, 9.17) is 5.73 Å². The fourth-order valence-corrected chi connectivity index (χ4v) is 5.51. The van der Waals surface area contributed by atoms with E-state index in [1.54, 1.807) is 23.5 Å². The molecular weight excluding hydrogens is 436 g/mol. The zero-order valence-electron chi connectivity index (χ0n) is 15.9. The highest BCUT2D eigenvalue weighted by molar-refractivity contribution is 7.99. The summed E-state index contributed by atoms with van der Waals surface area (Å²) in [6.07, 6.45) is 0.828. The Balaban J connectivity index is 1.53. The van der Waals surface area contributed by atoms with Gasteiger partial charge in [-0.2, -0.15) is 0 Å². The molecule has 0 spiro atoms. The van der Waals surface area contributed by atoms with Crippen molar-refractivity contribution >= 4 is 46.1 Å². The van der Waals surface area contributed by atoms with E-state index in [0.29, 0.717) is 16.5 Å². The Morgan fingerprint density at radius 2 is 1.83 bits per heavy atom. The van der Waals surface area contributed by atoms with E-state index in [1.165, 1.54) is 28.0 Å². The van der Waals surface area contributed by atoms with Gasteiger partial charge in [0.15, 0.2) is 10.9 Å². The number of thioether (sulfide) groups is 1. The van der Waals surface area contributed by atoms with E-state index in [1.807, 2.05) is 46.3 Å². The first-order valence-corrected chi connectivity index (χ1v) is 11.8. The normalized spacial score (nSPS) is 10.9. The second-order valence-electron chi connectivity index (χ2n) is 6.45. The summed E-state index contributed by atoms with van der Waals surface area (Å²) in [5.74, 6) is 0.654. The molecule has 152 valence electrons. The number of nitrogens with zero attached hydrogens (tertiary/aromatic N) is 3. The number of aromatic nitrogens is 3. The number of amides is 1. The Morgan fingerprint density at radius 3 is 2.57 bits per heavy atom. The lowest BCUT2D eigenvalue weighted by atomic mass is 10.3. The van der Waals surface area contributed by atoms with Crippen molar-refractivity contribution in [2.75, 3.05) is 5.75 Å². The van der Waals surface area contributed by atoms with E-state index in [9.17, 15) is 9.59 Å². The van der Waals surface area contributed by atoms with E-state index in [0.717, 1.165) is 16.4 Å². The molecule has 1 aromatic carbocycles. The number of carbonyl (C=O) groups excluding carboxylic acids is 2. The predicted molar refractivity (Wildman–Crippen MR) is 121 cm³/mol. The highest BCUT2D eigenvalue weighted by Crippen LogP contribution is 2.26. The predicted octanol–water partition coefficient (Wildman–Crippen LogP) is 3.98. The van der Waals surface area contributed by atoms with Crippen LogP contribution >= 0.6 is 34.4 Å². The van der Waals surface area contributed by atoms with E-state index < -0.39 is 5.91 Å². The second-order valence-corrected chi connectivity index (χ2v) is 9.59. The van der Waals surface area contributed by atoms with E-state index >= 15 is 0 Å². The molecule has 0 saturated carbocycles. The molecule has 9 heteroatoms. The molecule has 30 heavy (non-hydrogen) atoms. The van der Waals surface area contributed by atoms with Crippen molar-refractivity contribution in [1.82, 2.24) is 14.8 Å². The average molecular weight is 455 g/mol. The Bertz CT molecular complexity index is 1150. The molecule has 0 aliphatic carbocycles. The molecule has 0 fully saturated rings. The van der Waals surface area contributed by atoms with Crippen LogP contribution in [0.5, 0.6) is 0 Å². The third kappa shape index (κ3) is 4.86. The number of Topliss-reactive ketones (excluding diaryl/α,β-unsaturated/α-hetero) is 1. The van der Waals surface area contributed by atoms with Gasteiger partial charge in [-0.25, -0.2) is 0 Å². The summed E-state index contributed by atoms with van der Waals surface area (Å²) in [6, 6.07) is 17.5. The molecule has 1 amide bonds. The highest BCUT2D eigenvalue weighted by Gasteiger charge is 2.18. The summed E-state index contributed by atoms with van der Waals surface area (Å²) < 4.78 is 2.00. The van der Waals surface area contributed by atoms with Gasteiger partial charge in [0.1, 0.15) is 5.82 Å². The van der Waals surface area contributed by atoms with E-state index in [-0.39, 0.29) is 18.0 Å². The molecule has 0 saturated heterocycles. The van der Waals surface area contributed by atoms with Crippen molar-refractivity contribution < 1.29 is 9.59 Å². The summed E-state index contributed by atoms with van der Waals surface area (Å²) in [6.45, 7) is 0. The number of thiophene rings is 2. The molecule has 4 rings (SSSR count). The minimum absolute atomic E-state index is 0.0110. The van der Waals surface area contributed by atoms with Crippen LogP contribution in [0.15, 0.2) is 65.1 Å². The van der Waals surface area contributed by atoms with Gasteiger partial charge >= 0.3 is 0 Å². The number of hydrogen-bond donors (Lipinski definition) is 1. The van der Waals surface area contributed by atoms with Gasteiger partial charge in [-0.3, -0.25) is 14.2 Å². The van der Waals surface area contributed by atoms with Crippen LogP contribution in [-0.4, -0.2) is 32.2 Å². The van der Waals surface area contributed by atoms with Crippen molar-refractivity contribution in [1.29, 1.82) is 0 Å². The molecule has 3 heterocycles. The van der Waals surface area contributed by atoms with Crippen molar-refractivity contribution in [2.45, 2.75) is 18.0 Å². The van der Waals surface area contributed by atoms with Gasteiger partial charge in [-0.05, 0) is 35.7 Å². The molecule has 4 aromatic rings. The van der Waals surface area contributed by atoms with Crippen LogP contribution in [0, 0.1) is 0 Å². The van der Waals surface area contributed by atoms with Crippen LogP contribution in [0.3, 0.4) is 0 Å². The van der Waals surface area contributed by atoms with E-state index in [2.05, 4.69) is 16.3 Å². The van der Waals surface area contributed by atoms with Crippen LogP contribution in [0.2, 0.25) is 0 Å². The average Bonchev–Trinajstić information content (AvgIpc) is 3.48. The minimum atomic E-state index is -0.403. The van der Waals surface area contributed by atoms with Crippen molar-refractivity contribution in [3.63, 3.8) is 0 Å². The van der Waals surface area contributed by atoms with Crippen molar-refractivity contribution in [2.24, 2.45) is 5.73 Å². The van der Waals surface area contributed by atoms with Gasteiger partial charge in [0.05, 0.1) is 17.1 Å². The lowest BCUT2D eigenvalue weighted by Gasteiger charge is -2.09. The number of ketones is 1. The van der Waals surface area contributed by atoms with Crippen molar-refractivity contribution in [3.05, 3.63) is 80.4 Å². The SMILES string of the molecule is NC(=O)Cc1ccc(C(=O)CSc2nnc(Cc3cccs3)n2-c2ccccc2)s1.